The number of amides is 2. The number of hydrogen-bond donors (Lipinski definition) is 3. The molecular weight excluding hydrogens is 296 g/mol. The van der Waals surface area contributed by atoms with Gasteiger partial charge in [-0.3, -0.25) is 9.59 Å². The van der Waals surface area contributed by atoms with E-state index in [0.717, 1.165) is 12.8 Å². The van der Waals surface area contributed by atoms with Gasteiger partial charge in [0.25, 0.3) is 5.91 Å². The van der Waals surface area contributed by atoms with Crippen molar-refractivity contribution in [3.63, 3.8) is 0 Å². The number of hydrogen-bond acceptors (Lipinski definition) is 5. The van der Waals surface area contributed by atoms with Gasteiger partial charge >= 0.3 is 0 Å². The van der Waals surface area contributed by atoms with E-state index in [4.69, 9.17) is 5.73 Å². The lowest BCUT2D eigenvalue weighted by Gasteiger charge is -2.35. The molecule has 4 N–H and O–H groups in total. The quantitative estimate of drug-likeness (QED) is 0.748. The topological polar surface area (TPSA) is 109 Å². The van der Waals surface area contributed by atoms with Gasteiger partial charge in [0.2, 0.25) is 5.91 Å². The summed E-state index contributed by atoms with van der Waals surface area (Å²) in [6.45, 7) is 5.00. The Balaban J connectivity index is 1.85. The molecule has 2 heterocycles. The van der Waals surface area contributed by atoms with Gasteiger partial charge in [-0.1, -0.05) is 0 Å². The normalized spacial score (nSPS) is 18.3. The zero-order valence-corrected chi connectivity index (χ0v) is 13.5. The molecule has 0 aromatic carbocycles. The Morgan fingerprint density at radius 1 is 1.35 bits per heavy atom. The van der Waals surface area contributed by atoms with Crippen molar-refractivity contribution in [3.05, 3.63) is 24.0 Å². The van der Waals surface area contributed by atoms with Crippen LogP contribution in [0.2, 0.25) is 0 Å². The molecule has 0 aliphatic carbocycles. The number of nitrogens with one attached hydrogen (secondary N) is 1. The number of aromatic nitrogens is 1. The van der Waals surface area contributed by atoms with Crippen LogP contribution >= 0.6 is 0 Å². The van der Waals surface area contributed by atoms with Crippen molar-refractivity contribution in [3.8, 4) is 5.75 Å². The largest absolute Gasteiger partial charge is 0.506 e. The molecule has 7 nitrogen and oxygen atoms in total. The average Bonchev–Trinajstić information content (AvgIpc) is 2.54. The van der Waals surface area contributed by atoms with Crippen molar-refractivity contribution in [2.75, 3.05) is 13.1 Å². The molecule has 0 bridgehead atoms. The molecule has 0 radical (unpaired) electrons. The Morgan fingerprint density at radius 2 is 2.00 bits per heavy atom. The molecule has 1 fully saturated rings. The third-order valence-electron chi connectivity index (χ3n) is 4.29. The van der Waals surface area contributed by atoms with Crippen LogP contribution in [0.5, 0.6) is 5.75 Å². The summed E-state index contributed by atoms with van der Waals surface area (Å²) in [5.41, 5.74) is 5.91. The number of aromatic hydroxyl groups is 1. The number of nitrogens with zero attached hydrogens (tertiary/aromatic N) is 2. The first kappa shape index (κ1) is 17.2. The lowest BCUT2D eigenvalue weighted by Crippen LogP contribution is -2.49. The van der Waals surface area contributed by atoms with Crippen molar-refractivity contribution >= 4 is 11.8 Å². The summed E-state index contributed by atoms with van der Waals surface area (Å²) in [5.74, 6) is 0.0639. The Bertz CT molecular complexity index is 551. The van der Waals surface area contributed by atoms with Crippen LogP contribution in [0.4, 0.5) is 0 Å². The number of pyridine rings is 1. The Labute approximate surface area is 135 Å². The lowest BCUT2D eigenvalue weighted by molar-refractivity contribution is -0.133. The van der Waals surface area contributed by atoms with Gasteiger partial charge in [-0.05, 0) is 44.7 Å². The molecule has 2 amide bonds. The molecule has 1 aliphatic heterocycles. The second-order valence-electron chi connectivity index (χ2n) is 6.12. The van der Waals surface area contributed by atoms with E-state index in [1.54, 1.807) is 11.8 Å². The minimum Gasteiger partial charge on any atom is -0.506 e. The number of carbonyl (C=O) groups is 2. The maximum Gasteiger partial charge on any atom is 0.270 e. The minimum atomic E-state index is -0.468. The van der Waals surface area contributed by atoms with Crippen molar-refractivity contribution in [2.45, 2.75) is 38.8 Å². The van der Waals surface area contributed by atoms with E-state index >= 15 is 0 Å². The SMILES string of the molecule is CC(N)C(=O)N1CCC(C(C)NC(=O)c2ccc(O)cn2)CC1. The van der Waals surface area contributed by atoms with Crippen LogP contribution in [0.25, 0.3) is 0 Å². The summed E-state index contributed by atoms with van der Waals surface area (Å²) < 4.78 is 0. The molecule has 1 aliphatic rings. The highest BCUT2D eigenvalue weighted by molar-refractivity contribution is 5.92. The maximum absolute atomic E-state index is 12.1. The van der Waals surface area contributed by atoms with Gasteiger partial charge in [-0.2, -0.15) is 0 Å². The molecule has 7 heteroatoms. The van der Waals surface area contributed by atoms with E-state index in [0.29, 0.717) is 19.0 Å². The minimum absolute atomic E-state index is 0.00865. The van der Waals surface area contributed by atoms with E-state index in [1.165, 1.54) is 18.3 Å². The van der Waals surface area contributed by atoms with Gasteiger partial charge in [0.1, 0.15) is 11.4 Å². The fourth-order valence-corrected chi connectivity index (χ4v) is 2.83. The second kappa shape index (κ2) is 7.41. The molecule has 0 saturated carbocycles. The molecule has 1 aromatic heterocycles. The first-order valence-corrected chi connectivity index (χ1v) is 7.88. The van der Waals surface area contributed by atoms with Crippen LogP contribution in [0.15, 0.2) is 18.3 Å². The number of rotatable bonds is 4. The first-order valence-electron chi connectivity index (χ1n) is 7.88. The molecule has 2 atom stereocenters. The van der Waals surface area contributed by atoms with Crippen LogP contribution in [-0.4, -0.2) is 52.0 Å². The third-order valence-corrected chi connectivity index (χ3v) is 4.29. The molecule has 23 heavy (non-hydrogen) atoms. The fraction of sp³-hybridized carbons (Fsp3) is 0.562. The monoisotopic (exact) mass is 320 g/mol. The van der Waals surface area contributed by atoms with Gasteiger partial charge in [0.05, 0.1) is 12.2 Å². The van der Waals surface area contributed by atoms with Gasteiger partial charge in [0.15, 0.2) is 0 Å². The summed E-state index contributed by atoms with van der Waals surface area (Å²) in [4.78, 5) is 29.7. The summed E-state index contributed by atoms with van der Waals surface area (Å²) >= 11 is 0. The summed E-state index contributed by atoms with van der Waals surface area (Å²) in [6.07, 6.45) is 2.92. The zero-order chi connectivity index (χ0) is 17.0. The van der Waals surface area contributed by atoms with E-state index < -0.39 is 6.04 Å². The molecule has 1 aromatic rings. The Morgan fingerprint density at radius 3 is 2.52 bits per heavy atom. The highest BCUT2D eigenvalue weighted by atomic mass is 16.3. The summed E-state index contributed by atoms with van der Waals surface area (Å²) in [7, 11) is 0. The Kier molecular flexibility index (Phi) is 5.54. The standard InChI is InChI=1S/C16H24N4O3/c1-10(17)16(23)20-7-5-12(6-8-20)11(2)19-15(22)14-4-3-13(21)9-18-14/h3-4,9-12,21H,5-8,17H2,1-2H3,(H,19,22). The second-order valence-corrected chi connectivity index (χ2v) is 6.12. The van der Waals surface area contributed by atoms with Gasteiger partial charge in [-0.15, -0.1) is 0 Å². The van der Waals surface area contributed by atoms with E-state index in [9.17, 15) is 14.7 Å². The first-order chi connectivity index (χ1) is 10.9. The lowest BCUT2D eigenvalue weighted by atomic mass is 9.90. The molecule has 0 spiro atoms. The Hall–Kier alpha value is -2.15. The zero-order valence-electron chi connectivity index (χ0n) is 13.5. The predicted octanol–water partition coefficient (Wildman–Crippen LogP) is 0.491. The molecule has 126 valence electrons. The van der Waals surface area contributed by atoms with Gasteiger partial charge in [-0.25, -0.2) is 4.98 Å². The average molecular weight is 320 g/mol. The number of likely N-dealkylation sites (tertiary alicyclic amines) is 1. The highest BCUT2D eigenvalue weighted by Crippen LogP contribution is 2.21. The summed E-state index contributed by atoms with van der Waals surface area (Å²) in [5, 5.41) is 12.1. The molecular formula is C16H24N4O3. The van der Waals surface area contributed by atoms with Crippen LogP contribution in [0.3, 0.4) is 0 Å². The third kappa shape index (κ3) is 4.41. The number of carbonyl (C=O) groups excluding carboxylic acids is 2. The van der Waals surface area contributed by atoms with Crippen LogP contribution < -0.4 is 11.1 Å². The van der Waals surface area contributed by atoms with Crippen molar-refractivity contribution < 1.29 is 14.7 Å². The van der Waals surface area contributed by atoms with Crippen LogP contribution in [-0.2, 0) is 4.79 Å². The van der Waals surface area contributed by atoms with Crippen molar-refractivity contribution in [1.82, 2.24) is 15.2 Å². The van der Waals surface area contributed by atoms with Crippen LogP contribution in [0, 0.1) is 5.92 Å². The summed E-state index contributed by atoms with van der Waals surface area (Å²) in [6, 6.07) is 2.45. The number of nitrogens with two attached hydrogens (primary N) is 1. The van der Waals surface area contributed by atoms with E-state index in [2.05, 4.69) is 10.3 Å². The maximum atomic E-state index is 12.1. The number of piperidine rings is 1. The molecule has 2 rings (SSSR count). The fourth-order valence-electron chi connectivity index (χ4n) is 2.83. The molecule has 1 saturated heterocycles. The van der Waals surface area contributed by atoms with Gasteiger partial charge in [0, 0.05) is 19.1 Å². The van der Waals surface area contributed by atoms with E-state index in [1.807, 2.05) is 6.92 Å². The van der Waals surface area contributed by atoms with Crippen molar-refractivity contribution in [1.29, 1.82) is 0 Å². The van der Waals surface area contributed by atoms with Gasteiger partial charge < -0.3 is 21.1 Å². The van der Waals surface area contributed by atoms with Crippen LogP contribution in [0.1, 0.15) is 37.2 Å². The predicted molar refractivity (Wildman–Crippen MR) is 85.8 cm³/mol. The van der Waals surface area contributed by atoms with Crippen molar-refractivity contribution in [2.24, 2.45) is 11.7 Å². The molecule has 2 unspecified atom stereocenters. The van der Waals surface area contributed by atoms with E-state index in [-0.39, 0.29) is 29.3 Å². The smallest absolute Gasteiger partial charge is 0.270 e. The highest BCUT2D eigenvalue weighted by Gasteiger charge is 2.28.